The molecule has 0 saturated carbocycles. The van der Waals surface area contributed by atoms with Gasteiger partial charge in [-0.15, -0.1) is 0 Å². The molecule has 0 aliphatic carbocycles. The molecule has 0 unspecified atom stereocenters. The number of likely N-dealkylation sites (N-methyl/N-ethyl adjacent to an activating group) is 1. The van der Waals surface area contributed by atoms with Crippen LogP contribution in [0.3, 0.4) is 0 Å². The predicted octanol–water partition coefficient (Wildman–Crippen LogP) is 0.158. The molecule has 0 atom stereocenters. The van der Waals surface area contributed by atoms with Gasteiger partial charge in [-0.3, -0.25) is 9.59 Å². The molecule has 4 heteroatoms. The normalized spacial score (nSPS) is 18.6. The minimum Gasteiger partial charge on any atom is -0.365 e. The molecule has 0 bridgehead atoms. The quantitative estimate of drug-likeness (QED) is 0.668. The van der Waals surface area contributed by atoms with Crippen LogP contribution >= 0.6 is 0 Å². The molecule has 2 rings (SSSR count). The summed E-state index contributed by atoms with van der Waals surface area (Å²) >= 11 is 0. The second kappa shape index (κ2) is 4.01. The lowest BCUT2D eigenvalue weighted by molar-refractivity contribution is 0.312. The maximum Gasteiger partial charge on any atom is 0.249 e. The highest BCUT2D eigenvalue weighted by Gasteiger charge is 2.28. The fourth-order valence-electron chi connectivity index (χ4n) is 2.28. The van der Waals surface area contributed by atoms with E-state index in [2.05, 4.69) is 16.8 Å². The fourth-order valence-corrected chi connectivity index (χ4v) is 2.28. The van der Waals surface area contributed by atoms with Crippen molar-refractivity contribution in [1.82, 2.24) is 4.90 Å². The summed E-state index contributed by atoms with van der Waals surface area (Å²) in [5.41, 5.74) is 0.861. The zero-order valence-electron chi connectivity index (χ0n) is 10.1. The van der Waals surface area contributed by atoms with E-state index in [4.69, 9.17) is 0 Å². The average Bonchev–Trinajstić information content (AvgIpc) is 2.25. The van der Waals surface area contributed by atoms with E-state index in [1.54, 1.807) is 0 Å². The summed E-state index contributed by atoms with van der Waals surface area (Å²) in [6, 6.07) is 0. The molecule has 4 nitrogen and oxygen atoms in total. The van der Waals surface area contributed by atoms with Gasteiger partial charge in [0.2, 0.25) is 10.9 Å². The fraction of sp³-hybridized carbons (Fsp3) is 0.667. The second-order valence-corrected chi connectivity index (χ2v) is 4.87. The maximum atomic E-state index is 11.6. The highest BCUT2D eigenvalue weighted by atomic mass is 16.2. The Balaban J connectivity index is 2.25. The molecule has 1 aromatic carbocycles. The number of hydrogen-bond acceptors (Lipinski definition) is 4. The molecule has 0 aromatic heterocycles. The topological polar surface area (TPSA) is 40.6 Å². The first-order valence-electron chi connectivity index (χ1n) is 5.79. The molecule has 1 aromatic rings. The lowest BCUT2D eigenvalue weighted by Gasteiger charge is -2.35. The maximum absolute atomic E-state index is 11.6. The molecule has 1 saturated heterocycles. The molecule has 0 radical (unpaired) electrons. The Hall–Kier alpha value is -1.16. The zero-order chi connectivity index (χ0) is 11.9. The van der Waals surface area contributed by atoms with Crippen LogP contribution in [0.5, 0.6) is 0 Å². The summed E-state index contributed by atoms with van der Waals surface area (Å²) in [5.74, 6) is 0.153. The van der Waals surface area contributed by atoms with Crippen LogP contribution in [0.2, 0.25) is 0 Å². The minimum atomic E-state index is -0.284. The van der Waals surface area contributed by atoms with Gasteiger partial charge in [0, 0.05) is 31.7 Å². The van der Waals surface area contributed by atoms with Crippen molar-refractivity contribution >= 4 is 5.69 Å². The van der Waals surface area contributed by atoms with Gasteiger partial charge in [-0.2, -0.15) is 0 Å². The van der Waals surface area contributed by atoms with Crippen LogP contribution in [-0.2, 0) is 0 Å². The third-order valence-corrected chi connectivity index (χ3v) is 3.32. The average molecular weight is 222 g/mol. The van der Waals surface area contributed by atoms with Gasteiger partial charge in [-0.25, -0.2) is 0 Å². The van der Waals surface area contributed by atoms with Crippen molar-refractivity contribution in [3.05, 3.63) is 26.0 Å². The Labute approximate surface area is 95.2 Å². The SMILES string of the molecule is CC(C)c1c(N2CCN(C)CC2)c(=O)c1=O. The number of rotatable bonds is 2. The lowest BCUT2D eigenvalue weighted by Crippen LogP contribution is -2.51. The summed E-state index contributed by atoms with van der Waals surface area (Å²) in [6.45, 7) is 7.54. The van der Waals surface area contributed by atoms with Gasteiger partial charge in [0.25, 0.3) is 0 Å². The Bertz CT molecular complexity index is 450. The van der Waals surface area contributed by atoms with Crippen molar-refractivity contribution < 1.29 is 0 Å². The van der Waals surface area contributed by atoms with E-state index in [9.17, 15) is 9.59 Å². The van der Waals surface area contributed by atoms with Crippen LogP contribution in [0.4, 0.5) is 5.69 Å². The molecule has 0 spiro atoms. The third-order valence-electron chi connectivity index (χ3n) is 3.32. The van der Waals surface area contributed by atoms with Gasteiger partial charge in [-0.05, 0) is 13.0 Å². The second-order valence-electron chi connectivity index (χ2n) is 4.87. The molecule has 0 N–H and O–H groups in total. The Kier molecular flexibility index (Phi) is 2.84. The van der Waals surface area contributed by atoms with Crippen molar-refractivity contribution in [2.24, 2.45) is 0 Å². The predicted molar refractivity (Wildman–Crippen MR) is 65.2 cm³/mol. The molecule has 16 heavy (non-hydrogen) atoms. The van der Waals surface area contributed by atoms with E-state index in [0.29, 0.717) is 5.69 Å². The van der Waals surface area contributed by atoms with Crippen LogP contribution in [0.25, 0.3) is 0 Å². The van der Waals surface area contributed by atoms with Gasteiger partial charge < -0.3 is 9.80 Å². The molecule has 1 aliphatic rings. The molecule has 0 amide bonds. The highest BCUT2D eigenvalue weighted by Crippen LogP contribution is 2.23. The Morgan fingerprint density at radius 2 is 1.56 bits per heavy atom. The van der Waals surface area contributed by atoms with Gasteiger partial charge in [0.1, 0.15) is 0 Å². The van der Waals surface area contributed by atoms with E-state index in [0.717, 1.165) is 31.7 Å². The number of anilines is 1. The number of piperazine rings is 1. The van der Waals surface area contributed by atoms with Gasteiger partial charge >= 0.3 is 0 Å². The largest absolute Gasteiger partial charge is 0.365 e. The van der Waals surface area contributed by atoms with E-state index >= 15 is 0 Å². The van der Waals surface area contributed by atoms with E-state index < -0.39 is 0 Å². The van der Waals surface area contributed by atoms with Crippen LogP contribution in [0.15, 0.2) is 9.59 Å². The van der Waals surface area contributed by atoms with Crippen LogP contribution in [-0.4, -0.2) is 38.1 Å². The molecule has 1 fully saturated rings. The van der Waals surface area contributed by atoms with Crippen molar-refractivity contribution in [2.45, 2.75) is 19.8 Å². The molecule has 1 aliphatic heterocycles. The molecular weight excluding hydrogens is 204 g/mol. The monoisotopic (exact) mass is 222 g/mol. The van der Waals surface area contributed by atoms with Crippen LogP contribution < -0.4 is 15.8 Å². The van der Waals surface area contributed by atoms with Gasteiger partial charge in [0.15, 0.2) is 0 Å². The Morgan fingerprint density at radius 3 is 2.06 bits per heavy atom. The van der Waals surface area contributed by atoms with Crippen molar-refractivity contribution in [1.29, 1.82) is 0 Å². The summed E-state index contributed by atoms with van der Waals surface area (Å²) in [4.78, 5) is 27.4. The summed E-state index contributed by atoms with van der Waals surface area (Å²) in [6.07, 6.45) is 0. The third kappa shape index (κ3) is 1.67. The zero-order valence-corrected chi connectivity index (χ0v) is 10.1. The van der Waals surface area contributed by atoms with Gasteiger partial charge in [0.05, 0.1) is 5.69 Å². The van der Waals surface area contributed by atoms with Crippen molar-refractivity contribution in [3.63, 3.8) is 0 Å². The highest BCUT2D eigenvalue weighted by molar-refractivity contribution is 5.60. The van der Waals surface area contributed by atoms with Crippen molar-refractivity contribution in [2.75, 3.05) is 38.1 Å². The number of nitrogens with zero attached hydrogens (tertiary/aromatic N) is 2. The molecule has 88 valence electrons. The van der Waals surface area contributed by atoms with Crippen LogP contribution in [0, 0.1) is 0 Å². The van der Waals surface area contributed by atoms with E-state index in [-0.39, 0.29) is 16.8 Å². The van der Waals surface area contributed by atoms with E-state index in [1.807, 2.05) is 13.8 Å². The first kappa shape index (κ1) is 11.3. The minimum absolute atomic E-state index is 0.153. The first-order chi connectivity index (χ1) is 7.52. The smallest absolute Gasteiger partial charge is 0.249 e. The Morgan fingerprint density at radius 1 is 1.00 bits per heavy atom. The summed E-state index contributed by atoms with van der Waals surface area (Å²) in [5, 5.41) is 0. The standard InChI is InChI=1S/C12H18N2O2/c1-8(2)9-10(12(16)11(9)15)14-6-4-13(3)5-7-14/h8H,4-7H2,1-3H3. The number of hydrogen-bond donors (Lipinski definition) is 0. The lowest BCUT2D eigenvalue weighted by atomic mass is 9.95. The van der Waals surface area contributed by atoms with Crippen molar-refractivity contribution in [3.8, 4) is 0 Å². The molecular formula is C12H18N2O2. The summed E-state index contributed by atoms with van der Waals surface area (Å²) in [7, 11) is 2.07. The van der Waals surface area contributed by atoms with Gasteiger partial charge in [-0.1, -0.05) is 13.8 Å². The first-order valence-corrected chi connectivity index (χ1v) is 5.79. The van der Waals surface area contributed by atoms with Crippen LogP contribution in [0.1, 0.15) is 25.3 Å². The summed E-state index contributed by atoms with van der Waals surface area (Å²) < 4.78 is 0. The van der Waals surface area contributed by atoms with E-state index in [1.165, 1.54) is 0 Å². The molecule has 1 heterocycles.